The number of rotatable bonds is 5. The van der Waals surface area contributed by atoms with Crippen LogP contribution < -0.4 is 5.46 Å². The number of nitrogens with zero attached hydrogens (tertiary/aromatic N) is 1. The third-order valence-electron chi connectivity index (χ3n) is 2.87. The molecule has 0 fully saturated rings. The van der Waals surface area contributed by atoms with E-state index in [9.17, 15) is 18.5 Å². The van der Waals surface area contributed by atoms with E-state index in [1.54, 1.807) is 26.8 Å². The summed E-state index contributed by atoms with van der Waals surface area (Å²) in [5, 5.41) is 18.4. The van der Waals surface area contributed by atoms with Crippen LogP contribution in [0.4, 0.5) is 0 Å². The summed E-state index contributed by atoms with van der Waals surface area (Å²) in [5.41, 5.74) is 0.853. The minimum Gasteiger partial charge on any atom is -0.423 e. The maximum Gasteiger partial charge on any atom is 0.488 e. The predicted octanol–water partition coefficient (Wildman–Crippen LogP) is -0.295. The van der Waals surface area contributed by atoms with Crippen molar-refractivity contribution in [3.05, 3.63) is 23.8 Å². The molecule has 1 aromatic carbocycles. The maximum atomic E-state index is 12.2. The fraction of sp³-hybridized carbons (Fsp3) is 0.455. The largest absolute Gasteiger partial charge is 0.488 e. The second-order valence-electron chi connectivity index (χ2n) is 3.98. The Labute approximate surface area is 108 Å². The summed E-state index contributed by atoms with van der Waals surface area (Å²) in [6.45, 7) is 5.98. The molecule has 0 heterocycles. The zero-order valence-corrected chi connectivity index (χ0v) is 11.6. The summed E-state index contributed by atoms with van der Waals surface area (Å²) >= 11 is 0. The van der Waals surface area contributed by atoms with Gasteiger partial charge in [-0.15, -0.1) is 0 Å². The first kappa shape index (κ1) is 15.2. The highest BCUT2D eigenvalue weighted by molar-refractivity contribution is 7.89. The Morgan fingerprint density at radius 2 is 1.78 bits per heavy atom. The molecule has 0 aliphatic carbocycles. The van der Waals surface area contributed by atoms with Crippen LogP contribution in [0.2, 0.25) is 0 Å². The molecule has 0 aromatic heterocycles. The highest BCUT2D eigenvalue weighted by Gasteiger charge is 2.24. The molecule has 0 aliphatic rings. The Bertz CT molecular complexity index is 512. The Morgan fingerprint density at radius 1 is 1.22 bits per heavy atom. The predicted molar refractivity (Wildman–Crippen MR) is 71.1 cm³/mol. The normalized spacial score (nSPS) is 11.9. The van der Waals surface area contributed by atoms with Crippen LogP contribution in [0.1, 0.15) is 19.4 Å². The second kappa shape index (κ2) is 5.84. The molecule has 0 saturated carbocycles. The molecule has 18 heavy (non-hydrogen) atoms. The fourth-order valence-electron chi connectivity index (χ4n) is 1.77. The van der Waals surface area contributed by atoms with E-state index in [0.29, 0.717) is 18.7 Å². The lowest BCUT2D eigenvalue weighted by Gasteiger charge is -2.19. The van der Waals surface area contributed by atoms with E-state index in [-0.39, 0.29) is 10.4 Å². The third kappa shape index (κ3) is 2.92. The molecule has 1 aromatic rings. The molecule has 0 saturated heterocycles. The van der Waals surface area contributed by atoms with Crippen molar-refractivity contribution in [3.63, 3.8) is 0 Å². The van der Waals surface area contributed by atoms with E-state index < -0.39 is 17.1 Å². The van der Waals surface area contributed by atoms with Gasteiger partial charge < -0.3 is 10.0 Å². The number of benzene rings is 1. The summed E-state index contributed by atoms with van der Waals surface area (Å²) in [6.07, 6.45) is 0. The molecule has 0 aliphatic heterocycles. The van der Waals surface area contributed by atoms with Gasteiger partial charge in [-0.05, 0) is 24.5 Å². The van der Waals surface area contributed by atoms with E-state index in [1.807, 2.05) is 0 Å². The molecule has 1 rings (SSSR count). The van der Waals surface area contributed by atoms with Gasteiger partial charge in [-0.2, -0.15) is 4.31 Å². The zero-order valence-electron chi connectivity index (χ0n) is 10.8. The van der Waals surface area contributed by atoms with Crippen LogP contribution in [0, 0.1) is 6.92 Å². The molecule has 0 atom stereocenters. The third-order valence-corrected chi connectivity index (χ3v) is 4.92. The lowest BCUT2D eigenvalue weighted by atomic mass is 9.77. The quantitative estimate of drug-likeness (QED) is 0.721. The monoisotopic (exact) mass is 271 g/mol. The minimum atomic E-state index is -3.56. The average Bonchev–Trinajstić information content (AvgIpc) is 2.30. The Balaban J connectivity index is 3.30. The standard InChI is InChI=1S/C11H18BNO4S/c1-4-13(5-2)18(16,17)10-7-6-9(3)11(8-10)12(14)15/h6-8,14-15H,4-5H2,1-3H3. The molecule has 2 N–H and O–H groups in total. The van der Waals surface area contributed by atoms with Crippen molar-refractivity contribution in [1.29, 1.82) is 0 Å². The van der Waals surface area contributed by atoms with E-state index in [0.717, 1.165) is 0 Å². The van der Waals surface area contributed by atoms with Gasteiger partial charge in [0.2, 0.25) is 10.0 Å². The Hall–Kier alpha value is -0.885. The summed E-state index contributed by atoms with van der Waals surface area (Å²) in [6, 6.07) is 4.37. The van der Waals surface area contributed by atoms with Crippen molar-refractivity contribution in [3.8, 4) is 0 Å². The zero-order chi connectivity index (χ0) is 13.9. The van der Waals surface area contributed by atoms with Crippen LogP contribution in [0.15, 0.2) is 23.1 Å². The van der Waals surface area contributed by atoms with Crippen molar-refractivity contribution >= 4 is 22.6 Å². The number of hydrogen-bond acceptors (Lipinski definition) is 4. The lowest BCUT2D eigenvalue weighted by molar-refractivity contribution is 0.425. The first-order valence-corrected chi connectivity index (χ1v) is 7.25. The SMILES string of the molecule is CCN(CC)S(=O)(=O)c1ccc(C)c(B(O)O)c1. The summed E-state index contributed by atoms with van der Waals surface area (Å²) in [5.74, 6) is 0. The molecular weight excluding hydrogens is 253 g/mol. The van der Waals surface area contributed by atoms with Crippen molar-refractivity contribution < 1.29 is 18.5 Å². The van der Waals surface area contributed by atoms with E-state index in [2.05, 4.69) is 0 Å². The van der Waals surface area contributed by atoms with Gasteiger partial charge >= 0.3 is 7.12 Å². The van der Waals surface area contributed by atoms with Crippen LogP contribution in [-0.2, 0) is 10.0 Å². The van der Waals surface area contributed by atoms with Crippen LogP contribution in [0.5, 0.6) is 0 Å². The first-order chi connectivity index (χ1) is 8.34. The molecular formula is C11H18BNO4S. The van der Waals surface area contributed by atoms with E-state index in [1.165, 1.54) is 16.4 Å². The van der Waals surface area contributed by atoms with Crippen LogP contribution in [0.3, 0.4) is 0 Å². The van der Waals surface area contributed by atoms with Crippen molar-refractivity contribution in [2.24, 2.45) is 0 Å². The fourth-order valence-corrected chi connectivity index (χ4v) is 3.26. The molecule has 5 nitrogen and oxygen atoms in total. The number of hydrogen-bond donors (Lipinski definition) is 2. The van der Waals surface area contributed by atoms with Crippen LogP contribution in [0.25, 0.3) is 0 Å². The van der Waals surface area contributed by atoms with Gasteiger partial charge in [0, 0.05) is 13.1 Å². The second-order valence-corrected chi connectivity index (χ2v) is 5.92. The molecule has 0 bridgehead atoms. The van der Waals surface area contributed by atoms with Crippen LogP contribution >= 0.6 is 0 Å². The lowest BCUT2D eigenvalue weighted by Crippen LogP contribution is -2.35. The van der Waals surface area contributed by atoms with Gasteiger partial charge in [0.1, 0.15) is 0 Å². The van der Waals surface area contributed by atoms with Crippen molar-refractivity contribution in [1.82, 2.24) is 4.31 Å². The number of aryl methyl sites for hydroxylation is 1. The van der Waals surface area contributed by atoms with Gasteiger partial charge in [-0.3, -0.25) is 0 Å². The molecule has 100 valence electrons. The summed E-state index contributed by atoms with van der Waals surface area (Å²) in [4.78, 5) is 0.0832. The molecule has 0 unspecified atom stereocenters. The first-order valence-electron chi connectivity index (χ1n) is 5.81. The van der Waals surface area contributed by atoms with Crippen LogP contribution in [-0.4, -0.2) is 43.0 Å². The highest BCUT2D eigenvalue weighted by atomic mass is 32.2. The Morgan fingerprint density at radius 3 is 2.22 bits per heavy atom. The van der Waals surface area contributed by atoms with E-state index in [4.69, 9.17) is 0 Å². The van der Waals surface area contributed by atoms with E-state index >= 15 is 0 Å². The molecule has 7 heteroatoms. The maximum absolute atomic E-state index is 12.2. The molecule has 0 spiro atoms. The van der Waals surface area contributed by atoms with Crippen molar-refractivity contribution in [2.45, 2.75) is 25.7 Å². The summed E-state index contributed by atoms with van der Waals surface area (Å²) < 4.78 is 25.8. The van der Waals surface area contributed by atoms with Crippen molar-refractivity contribution in [2.75, 3.05) is 13.1 Å². The van der Waals surface area contributed by atoms with Gasteiger partial charge in [-0.1, -0.05) is 25.5 Å². The topological polar surface area (TPSA) is 77.8 Å². The van der Waals surface area contributed by atoms with Gasteiger partial charge in [-0.25, -0.2) is 8.42 Å². The number of sulfonamides is 1. The summed E-state index contributed by atoms with van der Waals surface area (Å²) in [7, 11) is -5.23. The molecule has 0 radical (unpaired) electrons. The van der Waals surface area contributed by atoms with Gasteiger partial charge in [0.05, 0.1) is 4.90 Å². The Kier molecular flexibility index (Phi) is 4.92. The highest BCUT2D eigenvalue weighted by Crippen LogP contribution is 2.15. The minimum absolute atomic E-state index is 0.0832. The van der Waals surface area contributed by atoms with Gasteiger partial charge in [0.15, 0.2) is 0 Å². The van der Waals surface area contributed by atoms with Gasteiger partial charge in [0.25, 0.3) is 0 Å². The smallest absolute Gasteiger partial charge is 0.423 e. The molecule has 0 amide bonds. The average molecular weight is 271 g/mol.